The predicted molar refractivity (Wildman–Crippen MR) is 134 cm³/mol. The Balaban J connectivity index is 1.78. The Morgan fingerprint density at radius 2 is 1.32 bits per heavy atom. The highest BCUT2D eigenvalue weighted by atomic mass is 16.5. The predicted octanol–water partition coefficient (Wildman–Crippen LogP) is 9.01. The van der Waals surface area contributed by atoms with Crippen molar-refractivity contribution < 1.29 is 9.84 Å². The van der Waals surface area contributed by atoms with Crippen LogP contribution in [0.4, 0.5) is 0 Å². The van der Waals surface area contributed by atoms with Gasteiger partial charge in [-0.2, -0.15) is 0 Å². The fourth-order valence-corrected chi connectivity index (χ4v) is 5.46. The van der Waals surface area contributed by atoms with Crippen LogP contribution in [0.2, 0.25) is 0 Å². The van der Waals surface area contributed by atoms with Crippen LogP contribution in [0.1, 0.15) is 128 Å². The summed E-state index contributed by atoms with van der Waals surface area (Å²) >= 11 is 0. The Morgan fingerprint density at radius 1 is 0.806 bits per heavy atom. The number of phenolic OH excluding ortho intramolecular Hbond substituents is 1. The summed E-state index contributed by atoms with van der Waals surface area (Å²) in [6.45, 7) is 20.2. The van der Waals surface area contributed by atoms with Crippen molar-refractivity contribution in [2.45, 2.75) is 132 Å². The zero-order valence-corrected chi connectivity index (χ0v) is 22.0. The first-order valence-electron chi connectivity index (χ1n) is 13.0. The molecule has 1 N–H and O–H groups in total. The van der Waals surface area contributed by atoms with E-state index in [0.29, 0.717) is 11.7 Å². The molecule has 2 heteroatoms. The fourth-order valence-electron chi connectivity index (χ4n) is 5.46. The van der Waals surface area contributed by atoms with Crippen LogP contribution in [0.25, 0.3) is 0 Å². The lowest BCUT2D eigenvalue weighted by Gasteiger charge is -2.29. The highest BCUT2D eigenvalue weighted by Crippen LogP contribution is 2.52. The monoisotopic (exact) mass is 430 g/mol. The van der Waals surface area contributed by atoms with E-state index < -0.39 is 0 Å². The summed E-state index contributed by atoms with van der Waals surface area (Å²) in [5.74, 6) is 4.30. The number of ether oxygens (including phenoxy) is 1. The highest BCUT2D eigenvalue weighted by Gasteiger charge is 2.44. The normalized spacial score (nSPS) is 22.5. The van der Waals surface area contributed by atoms with E-state index in [-0.39, 0.29) is 5.60 Å². The van der Waals surface area contributed by atoms with Crippen molar-refractivity contribution >= 4 is 0 Å². The van der Waals surface area contributed by atoms with Gasteiger partial charge in [-0.05, 0) is 75.0 Å². The number of fused-ring (bicyclic) bond motifs is 1. The minimum Gasteiger partial charge on any atom is -0.507 e. The fraction of sp³-hybridized carbons (Fsp3) is 0.793. The number of benzene rings is 1. The van der Waals surface area contributed by atoms with Gasteiger partial charge in [-0.1, -0.05) is 79.6 Å². The summed E-state index contributed by atoms with van der Waals surface area (Å²) in [5, 5.41) is 10.5. The molecule has 1 aromatic rings. The zero-order chi connectivity index (χ0) is 23.3. The molecule has 0 bridgehead atoms. The highest BCUT2D eigenvalue weighted by molar-refractivity contribution is 5.61. The maximum atomic E-state index is 10.5. The van der Waals surface area contributed by atoms with Crippen molar-refractivity contribution in [2.75, 3.05) is 0 Å². The Bertz CT molecular complexity index is 720. The first kappa shape index (κ1) is 26.1. The van der Waals surface area contributed by atoms with E-state index in [1.54, 1.807) is 0 Å². The van der Waals surface area contributed by atoms with Gasteiger partial charge in [0.2, 0.25) is 0 Å². The first-order chi connectivity index (χ1) is 14.5. The van der Waals surface area contributed by atoms with Gasteiger partial charge in [0.25, 0.3) is 0 Å². The van der Waals surface area contributed by atoms with Crippen molar-refractivity contribution in [1.29, 1.82) is 0 Å². The molecule has 1 aromatic carbocycles. The standard InChI is InChI=1S/C29H50O2/c1-19(2)13-10-14-20(3)15-11-16-21(4)17-12-18-29(9)25(8)26-24(7)27(30)22(5)23(6)28(26)31-29/h19-21,25,30H,10-18H2,1-9H3/t20?,21?,25-,29+/m0/s1. The Hall–Kier alpha value is -1.18. The van der Waals surface area contributed by atoms with Crippen LogP contribution < -0.4 is 4.74 Å². The summed E-state index contributed by atoms with van der Waals surface area (Å²) in [4.78, 5) is 0. The molecular weight excluding hydrogens is 380 g/mol. The van der Waals surface area contributed by atoms with Crippen LogP contribution in [0.5, 0.6) is 11.5 Å². The Morgan fingerprint density at radius 3 is 1.87 bits per heavy atom. The molecule has 0 radical (unpaired) electrons. The number of hydrogen-bond acceptors (Lipinski definition) is 2. The minimum atomic E-state index is -0.164. The van der Waals surface area contributed by atoms with Crippen molar-refractivity contribution in [1.82, 2.24) is 0 Å². The van der Waals surface area contributed by atoms with Gasteiger partial charge in [0.15, 0.2) is 0 Å². The largest absolute Gasteiger partial charge is 0.507 e. The third kappa shape index (κ3) is 6.42. The van der Waals surface area contributed by atoms with E-state index in [1.165, 1.54) is 56.9 Å². The first-order valence-corrected chi connectivity index (χ1v) is 13.0. The van der Waals surface area contributed by atoms with Gasteiger partial charge in [0.05, 0.1) is 0 Å². The SMILES string of the molecule is Cc1c(C)c2c(c(C)c1O)[C@H](C)[C@@](C)(CCCC(C)CCCC(C)CCCC(C)C)O2. The average Bonchev–Trinajstić information content (AvgIpc) is 2.96. The van der Waals surface area contributed by atoms with E-state index in [9.17, 15) is 5.11 Å². The molecule has 0 spiro atoms. The molecule has 0 saturated heterocycles. The molecule has 31 heavy (non-hydrogen) atoms. The summed E-state index contributed by atoms with van der Waals surface area (Å²) < 4.78 is 6.59. The molecule has 178 valence electrons. The molecule has 1 aliphatic heterocycles. The molecule has 0 aromatic heterocycles. The Kier molecular flexibility index (Phi) is 9.34. The van der Waals surface area contributed by atoms with Crippen molar-refractivity contribution in [3.63, 3.8) is 0 Å². The second-order valence-corrected chi connectivity index (χ2v) is 11.5. The van der Waals surface area contributed by atoms with Crippen molar-refractivity contribution in [3.8, 4) is 11.5 Å². The minimum absolute atomic E-state index is 0.164. The number of phenols is 1. The van der Waals surface area contributed by atoms with E-state index >= 15 is 0 Å². The number of hydrogen-bond donors (Lipinski definition) is 1. The lowest BCUT2D eigenvalue weighted by molar-refractivity contribution is 0.0786. The molecule has 0 fully saturated rings. The summed E-state index contributed by atoms with van der Waals surface area (Å²) in [7, 11) is 0. The van der Waals surface area contributed by atoms with Crippen LogP contribution in [0.3, 0.4) is 0 Å². The van der Waals surface area contributed by atoms with Gasteiger partial charge in [-0.25, -0.2) is 0 Å². The second-order valence-electron chi connectivity index (χ2n) is 11.5. The van der Waals surface area contributed by atoms with Gasteiger partial charge in [0, 0.05) is 11.5 Å². The molecule has 0 saturated carbocycles. The van der Waals surface area contributed by atoms with Gasteiger partial charge < -0.3 is 9.84 Å². The molecule has 2 nitrogen and oxygen atoms in total. The number of rotatable bonds is 12. The van der Waals surface area contributed by atoms with Gasteiger partial charge in [-0.15, -0.1) is 0 Å². The van der Waals surface area contributed by atoms with Crippen molar-refractivity contribution in [2.24, 2.45) is 17.8 Å². The molecule has 2 unspecified atom stereocenters. The summed E-state index contributed by atoms with van der Waals surface area (Å²) in [5.41, 5.74) is 4.13. The topological polar surface area (TPSA) is 29.5 Å². The summed E-state index contributed by atoms with van der Waals surface area (Å²) in [6.07, 6.45) is 11.9. The van der Waals surface area contributed by atoms with E-state index in [4.69, 9.17) is 4.74 Å². The van der Waals surface area contributed by atoms with E-state index in [2.05, 4.69) is 48.5 Å². The zero-order valence-electron chi connectivity index (χ0n) is 22.0. The average molecular weight is 431 g/mol. The molecule has 0 aliphatic carbocycles. The number of aromatic hydroxyl groups is 1. The maximum absolute atomic E-state index is 10.5. The van der Waals surface area contributed by atoms with Crippen LogP contribution >= 0.6 is 0 Å². The van der Waals surface area contributed by atoms with E-state index in [1.807, 2.05) is 13.8 Å². The van der Waals surface area contributed by atoms with Crippen LogP contribution in [-0.4, -0.2) is 10.7 Å². The third-order valence-corrected chi connectivity index (χ3v) is 8.19. The molecule has 4 atom stereocenters. The second kappa shape index (κ2) is 11.1. The quantitative estimate of drug-likeness (QED) is 0.358. The van der Waals surface area contributed by atoms with Crippen LogP contribution in [0, 0.1) is 38.5 Å². The van der Waals surface area contributed by atoms with Crippen molar-refractivity contribution in [3.05, 3.63) is 22.3 Å². The lowest BCUT2D eigenvalue weighted by atomic mass is 9.80. The Labute approximate surface area is 193 Å². The van der Waals surface area contributed by atoms with Gasteiger partial charge in [0.1, 0.15) is 17.1 Å². The smallest absolute Gasteiger partial charge is 0.127 e. The molecular formula is C29H50O2. The molecule has 1 aliphatic rings. The van der Waals surface area contributed by atoms with Crippen LogP contribution in [-0.2, 0) is 0 Å². The lowest BCUT2D eigenvalue weighted by Crippen LogP contribution is -2.33. The molecule has 1 heterocycles. The maximum Gasteiger partial charge on any atom is 0.127 e. The third-order valence-electron chi connectivity index (χ3n) is 8.19. The summed E-state index contributed by atoms with van der Waals surface area (Å²) in [6, 6.07) is 0. The van der Waals surface area contributed by atoms with Gasteiger partial charge in [-0.3, -0.25) is 0 Å². The van der Waals surface area contributed by atoms with E-state index in [0.717, 1.165) is 46.6 Å². The molecule has 0 amide bonds. The van der Waals surface area contributed by atoms with Crippen LogP contribution in [0.15, 0.2) is 0 Å². The molecule has 2 rings (SSSR count). The van der Waals surface area contributed by atoms with Gasteiger partial charge >= 0.3 is 0 Å².